The van der Waals surface area contributed by atoms with Gasteiger partial charge < -0.3 is 9.73 Å². The molecule has 7 nitrogen and oxygen atoms in total. The van der Waals surface area contributed by atoms with Crippen LogP contribution in [-0.2, 0) is 17.8 Å². The molecule has 0 aliphatic rings. The summed E-state index contributed by atoms with van der Waals surface area (Å²) in [5, 5.41) is 6.98. The van der Waals surface area contributed by atoms with E-state index in [2.05, 4.69) is 20.4 Å². The van der Waals surface area contributed by atoms with Gasteiger partial charge in [0, 0.05) is 11.3 Å². The second kappa shape index (κ2) is 7.87. The lowest BCUT2D eigenvalue weighted by Gasteiger charge is -2.06. The average Bonchev–Trinajstić information content (AvgIpc) is 3.34. The van der Waals surface area contributed by atoms with Crippen molar-refractivity contribution >= 4 is 11.6 Å². The molecule has 4 rings (SSSR count). The van der Waals surface area contributed by atoms with Crippen molar-refractivity contribution in [1.82, 2.24) is 19.7 Å². The number of hydrogen-bond acceptors (Lipinski definition) is 5. The summed E-state index contributed by atoms with van der Waals surface area (Å²) in [5.41, 5.74) is 3.33. The van der Waals surface area contributed by atoms with E-state index < -0.39 is 0 Å². The van der Waals surface area contributed by atoms with Gasteiger partial charge in [-0.15, -0.1) is 0 Å². The highest BCUT2D eigenvalue weighted by atomic mass is 16.4. The lowest BCUT2D eigenvalue weighted by Crippen LogP contribution is -2.15. The maximum atomic E-state index is 12.4. The number of amides is 1. The molecule has 1 amide bonds. The lowest BCUT2D eigenvalue weighted by molar-refractivity contribution is -0.115. The van der Waals surface area contributed by atoms with Crippen LogP contribution in [0.15, 0.2) is 71.7 Å². The van der Waals surface area contributed by atoms with E-state index in [1.54, 1.807) is 11.0 Å². The number of carbonyl (C=O) groups is 1. The summed E-state index contributed by atoms with van der Waals surface area (Å²) >= 11 is 0. The molecule has 0 saturated heterocycles. The highest BCUT2D eigenvalue weighted by molar-refractivity contribution is 5.92. The molecule has 0 spiro atoms. The van der Waals surface area contributed by atoms with E-state index in [4.69, 9.17) is 4.42 Å². The fourth-order valence-electron chi connectivity index (χ4n) is 2.85. The van der Waals surface area contributed by atoms with Crippen molar-refractivity contribution < 1.29 is 9.21 Å². The molecule has 0 fully saturated rings. The van der Waals surface area contributed by atoms with Crippen molar-refractivity contribution in [1.29, 1.82) is 0 Å². The van der Waals surface area contributed by atoms with Crippen LogP contribution in [0.3, 0.4) is 0 Å². The number of anilines is 1. The number of oxazole rings is 1. The molecule has 2 aromatic heterocycles. The van der Waals surface area contributed by atoms with Crippen LogP contribution in [0.25, 0.3) is 11.5 Å². The van der Waals surface area contributed by atoms with Crippen LogP contribution >= 0.6 is 0 Å². The van der Waals surface area contributed by atoms with E-state index >= 15 is 0 Å². The maximum absolute atomic E-state index is 12.4. The molecular weight excluding hydrogens is 354 g/mol. The highest BCUT2D eigenvalue weighted by Gasteiger charge is 2.14. The normalized spacial score (nSPS) is 10.8. The Balaban J connectivity index is 1.38. The summed E-state index contributed by atoms with van der Waals surface area (Å²) in [6, 6.07) is 17.3. The molecule has 0 unspecified atom stereocenters. The smallest absolute Gasteiger partial charge is 0.230 e. The van der Waals surface area contributed by atoms with Gasteiger partial charge in [-0.05, 0) is 36.8 Å². The number of rotatable bonds is 6. The quantitative estimate of drug-likeness (QED) is 0.559. The molecule has 4 aromatic rings. The molecule has 2 heterocycles. The first-order chi connectivity index (χ1) is 13.7. The predicted octanol–water partition coefficient (Wildman–Crippen LogP) is 3.47. The molecule has 7 heteroatoms. The summed E-state index contributed by atoms with van der Waals surface area (Å²) < 4.78 is 7.45. The number of benzene rings is 2. The summed E-state index contributed by atoms with van der Waals surface area (Å²) in [7, 11) is 0. The zero-order chi connectivity index (χ0) is 19.3. The van der Waals surface area contributed by atoms with Crippen LogP contribution in [0.4, 0.5) is 5.69 Å². The minimum atomic E-state index is -0.139. The minimum Gasteiger partial charge on any atom is -0.441 e. The molecule has 0 aliphatic heterocycles. The van der Waals surface area contributed by atoms with Gasteiger partial charge in [-0.2, -0.15) is 5.10 Å². The van der Waals surface area contributed by atoms with E-state index in [0.717, 1.165) is 16.8 Å². The fourth-order valence-corrected chi connectivity index (χ4v) is 2.85. The number of nitrogens with zero attached hydrogens (tertiary/aromatic N) is 4. The van der Waals surface area contributed by atoms with Gasteiger partial charge in [-0.1, -0.05) is 30.3 Å². The maximum Gasteiger partial charge on any atom is 0.230 e. The number of carbonyl (C=O) groups excluding carboxylic acids is 1. The third-order valence-corrected chi connectivity index (χ3v) is 4.29. The molecule has 0 atom stereocenters. The van der Waals surface area contributed by atoms with Crippen molar-refractivity contribution in [2.45, 2.75) is 19.9 Å². The van der Waals surface area contributed by atoms with Crippen molar-refractivity contribution in [2.75, 3.05) is 5.32 Å². The Bertz CT molecular complexity index is 1050. The Kier molecular flexibility index (Phi) is 4.97. The summed E-state index contributed by atoms with van der Waals surface area (Å²) in [6.45, 7) is 2.45. The number of hydrogen-bond donors (Lipinski definition) is 1. The van der Waals surface area contributed by atoms with Crippen LogP contribution in [0, 0.1) is 6.92 Å². The number of aryl methyl sites for hydroxylation is 1. The molecule has 2 aromatic carbocycles. The Labute approximate surface area is 162 Å². The number of nitrogens with one attached hydrogen (secondary N) is 1. The highest BCUT2D eigenvalue weighted by Crippen LogP contribution is 2.22. The Hall–Kier alpha value is -3.74. The Morgan fingerprint density at radius 2 is 1.89 bits per heavy atom. The van der Waals surface area contributed by atoms with E-state index in [-0.39, 0.29) is 12.3 Å². The number of aromatic nitrogens is 4. The SMILES string of the molecule is Cc1oc(-c2ccccc2)nc1CC(=O)Nc1ccc(Cn2cncn2)cc1. The topological polar surface area (TPSA) is 85.8 Å². The molecule has 1 N–H and O–H groups in total. The van der Waals surface area contributed by atoms with Gasteiger partial charge in [0.2, 0.25) is 11.8 Å². The summed E-state index contributed by atoms with van der Waals surface area (Å²) in [4.78, 5) is 20.8. The first kappa shape index (κ1) is 17.7. The van der Waals surface area contributed by atoms with Crippen LogP contribution in [0.2, 0.25) is 0 Å². The molecule has 0 saturated carbocycles. The van der Waals surface area contributed by atoms with Crippen molar-refractivity contribution in [2.24, 2.45) is 0 Å². The van der Waals surface area contributed by atoms with Gasteiger partial charge in [0.25, 0.3) is 0 Å². The zero-order valence-corrected chi connectivity index (χ0v) is 15.4. The van der Waals surface area contributed by atoms with E-state index in [9.17, 15) is 4.79 Å². The molecule has 0 bridgehead atoms. The third kappa shape index (κ3) is 4.15. The van der Waals surface area contributed by atoms with Crippen LogP contribution in [0.1, 0.15) is 17.0 Å². The second-order valence-electron chi connectivity index (χ2n) is 6.40. The van der Waals surface area contributed by atoms with Gasteiger partial charge in [0.1, 0.15) is 18.4 Å². The summed E-state index contributed by atoms with van der Waals surface area (Å²) in [6.07, 6.45) is 3.33. The van der Waals surface area contributed by atoms with Gasteiger partial charge in [-0.25, -0.2) is 14.6 Å². The van der Waals surface area contributed by atoms with Crippen LogP contribution in [-0.4, -0.2) is 25.7 Å². The van der Waals surface area contributed by atoms with Gasteiger partial charge in [0.05, 0.1) is 18.7 Å². The Morgan fingerprint density at radius 3 is 2.61 bits per heavy atom. The Morgan fingerprint density at radius 1 is 1.11 bits per heavy atom. The van der Waals surface area contributed by atoms with E-state index in [1.165, 1.54) is 6.33 Å². The van der Waals surface area contributed by atoms with Crippen LogP contribution in [0.5, 0.6) is 0 Å². The molecule has 140 valence electrons. The third-order valence-electron chi connectivity index (χ3n) is 4.29. The van der Waals surface area contributed by atoms with Crippen molar-refractivity contribution in [3.05, 3.63) is 84.3 Å². The van der Waals surface area contributed by atoms with Gasteiger partial charge >= 0.3 is 0 Å². The van der Waals surface area contributed by atoms with Crippen LogP contribution < -0.4 is 5.32 Å². The van der Waals surface area contributed by atoms with Gasteiger partial charge in [0.15, 0.2) is 0 Å². The van der Waals surface area contributed by atoms with Crippen molar-refractivity contribution in [3.63, 3.8) is 0 Å². The molecule has 28 heavy (non-hydrogen) atoms. The summed E-state index contributed by atoms with van der Waals surface area (Å²) in [5.74, 6) is 1.04. The second-order valence-corrected chi connectivity index (χ2v) is 6.40. The average molecular weight is 373 g/mol. The molecular formula is C21H19N5O2. The first-order valence-electron chi connectivity index (χ1n) is 8.90. The lowest BCUT2D eigenvalue weighted by atomic mass is 10.2. The fraction of sp³-hybridized carbons (Fsp3) is 0.143. The van der Waals surface area contributed by atoms with Gasteiger partial charge in [-0.3, -0.25) is 4.79 Å². The molecule has 0 aliphatic carbocycles. The van der Waals surface area contributed by atoms with E-state index in [1.807, 2.05) is 61.5 Å². The van der Waals surface area contributed by atoms with Crippen molar-refractivity contribution in [3.8, 4) is 11.5 Å². The minimum absolute atomic E-state index is 0.139. The first-order valence-corrected chi connectivity index (χ1v) is 8.90. The predicted molar refractivity (Wildman–Crippen MR) is 105 cm³/mol. The van der Waals surface area contributed by atoms with E-state index in [0.29, 0.717) is 23.9 Å². The zero-order valence-electron chi connectivity index (χ0n) is 15.4. The standard InChI is InChI=1S/C21H19N5O2/c1-15-19(25-21(28-15)17-5-3-2-4-6-17)11-20(27)24-18-9-7-16(8-10-18)12-26-14-22-13-23-26/h2-10,13-14H,11-12H2,1H3,(H,24,27). The molecule has 0 radical (unpaired) electrons. The monoisotopic (exact) mass is 373 g/mol. The largest absolute Gasteiger partial charge is 0.441 e.